The lowest BCUT2D eigenvalue weighted by atomic mass is 10.1. The maximum Gasteiger partial charge on any atom is 0.0931 e. The summed E-state index contributed by atoms with van der Waals surface area (Å²) in [5, 5.41) is 5.58. The van der Waals surface area contributed by atoms with Crippen LogP contribution >= 0.6 is 22.9 Å². The van der Waals surface area contributed by atoms with Crippen LogP contribution < -0.4 is 5.32 Å². The average molecular weight is 230 g/mol. The van der Waals surface area contributed by atoms with Gasteiger partial charge in [-0.1, -0.05) is 17.7 Å². The Morgan fingerprint density at radius 1 is 1.64 bits per heavy atom. The van der Waals surface area contributed by atoms with Crippen molar-refractivity contribution in [3.8, 4) is 0 Å². The maximum absolute atomic E-state index is 5.88. The summed E-state index contributed by atoms with van der Waals surface area (Å²) in [4.78, 5) is 0. The summed E-state index contributed by atoms with van der Waals surface area (Å²) >= 11 is 7.46. The van der Waals surface area contributed by atoms with E-state index in [2.05, 4.69) is 31.1 Å². The van der Waals surface area contributed by atoms with Crippen LogP contribution in [0.4, 0.5) is 0 Å². The zero-order valence-corrected chi connectivity index (χ0v) is 10.2. The Labute approximate surface area is 94.8 Å². The van der Waals surface area contributed by atoms with Gasteiger partial charge < -0.3 is 5.32 Å². The number of rotatable bonds is 5. The second-order valence-corrected chi connectivity index (χ2v) is 5.04. The smallest absolute Gasteiger partial charge is 0.0931 e. The third-order valence-electron chi connectivity index (χ3n) is 2.14. The van der Waals surface area contributed by atoms with Gasteiger partial charge in [0.25, 0.3) is 0 Å². The molecule has 0 aliphatic carbocycles. The first-order valence-corrected chi connectivity index (χ1v) is 6.00. The molecule has 1 rings (SSSR count). The Hall–Kier alpha value is -0.310. The highest BCUT2D eigenvalue weighted by Gasteiger charge is 2.09. The quantitative estimate of drug-likeness (QED) is 0.753. The minimum Gasteiger partial charge on any atom is -0.307 e. The first-order valence-electron chi connectivity index (χ1n) is 4.74. The van der Waals surface area contributed by atoms with Crippen LogP contribution in [0.1, 0.15) is 31.9 Å². The number of halogens is 1. The van der Waals surface area contributed by atoms with E-state index in [0.717, 1.165) is 10.8 Å². The first kappa shape index (κ1) is 11.8. The van der Waals surface area contributed by atoms with Crippen molar-refractivity contribution in [2.24, 2.45) is 0 Å². The number of hydrogen-bond acceptors (Lipinski definition) is 2. The summed E-state index contributed by atoms with van der Waals surface area (Å²) in [6, 6.07) is 2.83. The molecule has 2 atom stereocenters. The van der Waals surface area contributed by atoms with Crippen LogP contribution in [0.25, 0.3) is 0 Å². The summed E-state index contributed by atoms with van der Waals surface area (Å²) in [5.74, 6) is 0. The molecule has 0 bridgehead atoms. The van der Waals surface area contributed by atoms with Crippen molar-refractivity contribution in [2.45, 2.75) is 32.4 Å². The van der Waals surface area contributed by atoms with Gasteiger partial charge in [0.05, 0.1) is 4.34 Å². The van der Waals surface area contributed by atoms with Crippen LogP contribution in [0, 0.1) is 0 Å². The van der Waals surface area contributed by atoms with Gasteiger partial charge in [-0.05, 0) is 37.3 Å². The highest BCUT2D eigenvalue weighted by atomic mass is 35.5. The van der Waals surface area contributed by atoms with Crippen LogP contribution in [0.3, 0.4) is 0 Å². The minimum atomic E-state index is 0.355. The van der Waals surface area contributed by atoms with Gasteiger partial charge in [-0.25, -0.2) is 0 Å². The van der Waals surface area contributed by atoms with Gasteiger partial charge in [-0.3, -0.25) is 0 Å². The number of thiophene rings is 1. The molecular formula is C11H16ClNS. The maximum atomic E-state index is 5.88. The fourth-order valence-electron chi connectivity index (χ4n) is 1.39. The molecule has 0 saturated heterocycles. The molecular weight excluding hydrogens is 214 g/mol. The lowest BCUT2D eigenvalue weighted by molar-refractivity contribution is 0.483. The number of hydrogen-bond donors (Lipinski definition) is 1. The van der Waals surface area contributed by atoms with Gasteiger partial charge in [0.2, 0.25) is 0 Å². The highest BCUT2D eigenvalue weighted by molar-refractivity contribution is 7.14. The topological polar surface area (TPSA) is 12.0 Å². The van der Waals surface area contributed by atoms with Crippen LogP contribution in [0.15, 0.2) is 24.1 Å². The van der Waals surface area contributed by atoms with Crippen molar-refractivity contribution in [2.75, 3.05) is 0 Å². The molecule has 0 amide bonds. The van der Waals surface area contributed by atoms with E-state index in [1.807, 2.05) is 12.1 Å². The lowest BCUT2D eigenvalue weighted by Gasteiger charge is -2.17. The van der Waals surface area contributed by atoms with Crippen LogP contribution in [-0.4, -0.2) is 6.04 Å². The van der Waals surface area contributed by atoms with Crippen LogP contribution in [0.2, 0.25) is 4.34 Å². The molecule has 1 aromatic heterocycles. The van der Waals surface area contributed by atoms with Crippen molar-refractivity contribution >= 4 is 22.9 Å². The Balaban J connectivity index is 2.49. The summed E-state index contributed by atoms with van der Waals surface area (Å²) in [5.41, 5.74) is 1.26. The van der Waals surface area contributed by atoms with E-state index in [9.17, 15) is 0 Å². The molecule has 0 fully saturated rings. The summed E-state index contributed by atoms with van der Waals surface area (Å²) in [6.07, 6.45) is 2.92. The monoisotopic (exact) mass is 229 g/mol. The molecule has 0 saturated carbocycles. The summed E-state index contributed by atoms with van der Waals surface area (Å²) in [6.45, 7) is 8.04. The molecule has 1 N–H and O–H groups in total. The van der Waals surface area contributed by atoms with Crippen LogP contribution in [-0.2, 0) is 0 Å². The summed E-state index contributed by atoms with van der Waals surface area (Å²) in [7, 11) is 0. The minimum absolute atomic E-state index is 0.355. The van der Waals surface area contributed by atoms with Crippen molar-refractivity contribution in [1.82, 2.24) is 5.32 Å². The Bertz CT molecular complexity index is 295. The fraction of sp³-hybridized carbons (Fsp3) is 0.455. The van der Waals surface area contributed by atoms with E-state index in [0.29, 0.717) is 12.1 Å². The van der Waals surface area contributed by atoms with Gasteiger partial charge in [0.15, 0.2) is 0 Å². The highest BCUT2D eigenvalue weighted by Crippen LogP contribution is 2.24. The van der Waals surface area contributed by atoms with Crippen molar-refractivity contribution < 1.29 is 0 Å². The fourth-order valence-corrected chi connectivity index (χ4v) is 2.38. The van der Waals surface area contributed by atoms with Crippen molar-refractivity contribution in [3.05, 3.63) is 34.0 Å². The normalized spacial score (nSPS) is 15.1. The van der Waals surface area contributed by atoms with E-state index < -0.39 is 0 Å². The third kappa shape index (κ3) is 3.45. The van der Waals surface area contributed by atoms with Crippen molar-refractivity contribution in [1.29, 1.82) is 0 Å². The van der Waals surface area contributed by atoms with Gasteiger partial charge in [0, 0.05) is 12.1 Å². The predicted octanol–water partition coefficient (Wildman–Crippen LogP) is 4.02. The largest absolute Gasteiger partial charge is 0.307 e. The molecule has 1 heterocycles. The SMILES string of the molecule is C=CCC(C)NC(C)c1csc(Cl)c1. The van der Waals surface area contributed by atoms with Gasteiger partial charge in [-0.2, -0.15) is 0 Å². The Morgan fingerprint density at radius 2 is 2.36 bits per heavy atom. The molecule has 1 nitrogen and oxygen atoms in total. The van der Waals surface area contributed by atoms with E-state index in [-0.39, 0.29) is 0 Å². The molecule has 0 aromatic carbocycles. The van der Waals surface area contributed by atoms with E-state index in [4.69, 9.17) is 11.6 Å². The molecule has 1 aromatic rings. The van der Waals surface area contributed by atoms with Crippen LogP contribution in [0.5, 0.6) is 0 Å². The first-order chi connectivity index (χ1) is 6.63. The molecule has 0 radical (unpaired) electrons. The lowest BCUT2D eigenvalue weighted by Crippen LogP contribution is -2.28. The van der Waals surface area contributed by atoms with E-state index in [1.54, 1.807) is 11.3 Å². The van der Waals surface area contributed by atoms with Gasteiger partial charge in [0.1, 0.15) is 0 Å². The standard InChI is InChI=1S/C11H16ClNS/c1-4-5-8(2)13-9(3)10-6-11(12)14-7-10/h4,6-9,13H,1,5H2,2-3H3. The second kappa shape index (κ2) is 5.54. The molecule has 78 valence electrons. The average Bonchev–Trinajstić information content (AvgIpc) is 2.52. The molecule has 3 heteroatoms. The van der Waals surface area contributed by atoms with E-state index in [1.165, 1.54) is 5.56 Å². The molecule has 0 aliphatic heterocycles. The number of nitrogens with one attached hydrogen (secondary N) is 1. The molecule has 0 spiro atoms. The Kier molecular flexibility index (Phi) is 4.66. The molecule has 2 unspecified atom stereocenters. The third-order valence-corrected chi connectivity index (χ3v) is 3.25. The zero-order chi connectivity index (χ0) is 10.6. The zero-order valence-electron chi connectivity index (χ0n) is 8.59. The predicted molar refractivity (Wildman–Crippen MR) is 65.2 cm³/mol. The molecule has 14 heavy (non-hydrogen) atoms. The van der Waals surface area contributed by atoms with Gasteiger partial charge >= 0.3 is 0 Å². The van der Waals surface area contributed by atoms with E-state index >= 15 is 0 Å². The Morgan fingerprint density at radius 3 is 2.86 bits per heavy atom. The second-order valence-electron chi connectivity index (χ2n) is 3.50. The van der Waals surface area contributed by atoms with Gasteiger partial charge in [-0.15, -0.1) is 17.9 Å². The molecule has 0 aliphatic rings. The summed E-state index contributed by atoms with van der Waals surface area (Å²) < 4.78 is 0.852. The van der Waals surface area contributed by atoms with Crippen molar-refractivity contribution in [3.63, 3.8) is 0 Å².